The Labute approximate surface area is 135 Å². The van der Waals surface area contributed by atoms with Crippen molar-refractivity contribution in [2.45, 2.75) is 23.9 Å². The Kier molecular flexibility index (Phi) is 6.93. The lowest BCUT2D eigenvalue weighted by Gasteiger charge is -2.16. The molecule has 0 fully saturated rings. The second-order valence-corrected chi connectivity index (χ2v) is 6.02. The maximum absolute atomic E-state index is 11.9. The van der Waals surface area contributed by atoms with Crippen molar-refractivity contribution in [2.75, 3.05) is 12.4 Å². The van der Waals surface area contributed by atoms with E-state index in [2.05, 4.69) is 10.3 Å². The number of nitrogens with zero attached hydrogens (tertiary/aromatic N) is 1. The number of aromatic nitrogens is 1. The van der Waals surface area contributed by atoms with Crippen LogP contribution in [0, 0.1) is 0 Å². The van der Waals surface area contributed by atoms with E-state index in [9.17, 15) is 9.90 Å². The average molecular weight is 316 g/mol. The molecule has 116 valence electrons. The number of hydrogen-bond donors (Lipinski definition) is 2. The van der Waals surface area contributed by atoms with Crippen molar-refractivity contribution in [3.8, 4) is 0 Å². The molecular weight excluding hydrogens is 296 g/mol. The Bertz CT molecular complexity index is 563. The third kappa shape index (κ3) is 5.87. The summed E-state index contributed by atoms with van der Waals surface area (Å²) >= 11 is 1.55. The first-order valence-corrected chi connectivity index (χ1v) is 8.24. The van der Waals surface area contributed by atoms with Crippen LogP contribution in [0.3, 0.4) is 0 Å². The monoisotopic (exact) mass is 316 g/mol. The Morgan fingerprint density at radius 1 is 1.18 bits per heavy atom. The molecule has 0 saturated heterocycles. The molecule has 1 atom stereocenters. The van der Waals surface area contributed by atoms with Crippen LogP contribution < -0.4 is 5.32 Å². The standard InChI is InChI=1S/C17H20N2O2S/c20-13-15(12-14-6-2-1-3-7-14)19-16(21)9-11-22-17-8-4-5-10-18-17/h1-8,10,15,20H,9,11-13H2,(H,19,21). The summed E-state index contributed by atoms with van der Waals surface area (Å²) in [5.74, 6) is 0.630. The predicted octanol–water partition coefficient (Wildman–Crippen LogP) is 2.28. The molecule has 1 unspecified atom stereocenters. The van der Waals surface area contributed by atoms with Crippen LogP contribution >= 0.6 is 11.8 Å². The second-order valence-electron chi connectivity index (χ2n) is 4.90. The van der Waals surface area contributed by atoms with E-state index in [1.54, 1.807) is 18.0 Å². The van der Waals surface area contributed by atoms with Gasteiger partial charge in [0, 0.05) is 18.4 Å². The van der Waals surface area contributed by atoms with Crippen molar-refractivity contribution in [1.82, 2.24) is 10.3 Å². The molecule has 2 rings (SSSR count). The summed E-state index contributed by atoms with van der Waals surface area (Å²) in [6.07, 6.45) is 2.78. The van der Waals surface area contributed by atoms with Crippen molar-refractivity contribution >= 4 is 17.7 Å². The van der Waals surface area contributed by atoms with Gasteiger partial charge in [-0.25, -0.2) is 4.98 Å². The van der Waals surface area contributed by atoms with E-state index in [1.807, 2.05) is 48.5 Å². The molecular formula is C17H20N2O2S. The number of aliphatic hydroxyl groups excluding tert-OH is 1. The molecule has 0 bridgehead atoms. The highest BCUT2D eigenvalue weighted by molar-refractivity contribution is 7.99. The van der Waals surface area contributed by atoms with Gasteiger partial charge in [-0.05, 0) is 24.1 Å². The van der Waals surface area contributed by atoms with Crippen LogP contribution in [0.25, 0.3) is 0 Å². The van der Waals surface area contributed by atoms with E-state index in [0.29, 0.717) is 18.6 Å². The van der Waals surface area contributed by atoms with Crippen LogP contribution in [0.2, 0.25) is 0 Å². The number of aliphatic hydroxyl groups is 1. The molecule has 0 saturated carbocycles. The summed E-state index contributed by atoms with van der Waals surface area (Å²) in [6, 6.07) is 15.3. The van der Waals surface area contributed by atoms with Gasteiger partial charge in [0.2, 0.25) is 5.91 Å². The Hall–Kier alpha value is -1.85. The minimum absolute atomic E-state index is 0.0431. The number of pyridine rings is 1. The highest BCUT2D eigenvalue weighted by Gasteiger charge is 2.12. The lowest BCUT2D eigenvalue weighted by atomic mass is 10.1. The topological polar surface area (TPSA) is 62.2 Å². The van der Waals surface area contributed by atoms with Crippen LogP contribution in [0.5, 0.6) is 0 Å². The number of amides is 1. The Balaban J connectivity index is 1.72. The lowest BCUT2D eigenvalue weighted by molar-refractivity contribution is -0.121. The van der Waals surface area contributed by atoms with Crippen LogP contribution in [0.1, 0.15) is 12.0 Å². The van der Waals surface area contributed by atoms with Gasteiger partial charge in [-0.2, -0.15) is 0 Å². The highest BCUT2D eigenvalue weighted by Crippen LogP contribution is 2.14. The minimum Gasteiger partial charge on any atom is -0.394 e. The summed E-state index contributed by atoms with van der Waals surface area (Å²) in [5, 5.41) is 13.2. The number of rotatable bonds is 8. The molecule has 22 heavy (non-hydrogen) atoms. The summed E-state index contributed by atoms with van der Waals surface area (Å²) in [5.41, 5.74) is 1.10. The first-order chi connectivity index (χ1) is 10.8. The van der Waals surface area contributed by atoms with Gasteiger partial charge in [0.1, 0.15) is 0 Å². The third-order valence-electron chi connectivity index (χ3n) is 3.13. The SMILES string of the molecule is O=C(CCSc1ccccn1)NC(CO)Cc1ccccc1. The van der Waals surface area contributed by atoms with Gasteiger partial charge in [-0.3, -0.25) is 4.79 Å². The molecule has 0 radical (unpaired) electrons. The molecule has 0 aliphatic carbocycles. The average Bonchev–Trinajstić information content (AvgIpc) is 2.56. The fraction of sp³-hybridized carbons (Fsp3) is 0.294. The van der Waals surface area contributed by atoms with Gasteiger partial charge in [-0.1, -0.05) is 36.4 Å². The molecule has 5 heteroatoms. The van der Waals surface area contributed by atoms with Crippen molar-refractivity contribution in [3.05, 3.63) is 60.3 Å². The molecule has 2 aromatic rings. The molecule has 1 amide bonds. The zero-order valence-electron chi connectivity index (χ0n) is 12.3. The first-order valence-electron chi connectivity index (χ1n) is 7.26. The number of nitrogens with one attached hydrogen (secondary N) is 1. The number of benzene rings is 1. The molecule has 0 spiro atoms. The summed E-state index contributed by atoms with van der Waals surface area (Å²) in [4.78, 5) is 16.1. The van der Waals surface area contributed by atoms with Crippen molar-refractivity contribution in [2.24, 2.45) is 0 Å². The van der Waals surface area contributed by atoms with Crippen molar-refractivity contribution < 1.29 is 9.90 Å². The molecule has 1 aromatic heterocycles. The van der Waals surface area contributed by atoms with Crippen LogP contribution in [-0.2, 0) is 11.2 Å². The second kappa shape index (κ2) is 9.23. The molecule has 4 nitrogen and oxygen atoms in total. The zero-order valence-corrected chi connectivity index (χ0v) is 13.1. The molecule has 1 aromatic carbocycles. The normalized spacial score (nSPS) is 11.9. The molecule has 0 aliphatic heterocycles. The smallest absolute Gasteiger partial charge is 0.221 e. The van der Waals surface area contributed by atoms with Crippen LogP contribution in [-0.4, -0.2) is 34.4 Å². The third-order valence-corrected chi connectivity index (χ3v) is 4.07. The quantitative estimate of drug-likeness (QED) is 0.734. The van der Waals surface area contributed by atoms with Gasteiger partial charge >= 0.3 is 0 Å². The Morgan fingerprint density at radius 2 is 1.95 bits per heavy atom. The maximum atomic E-state index is 11.9. The van der Waals surface area contributed by atoms with Gasteiger partial charge in [0.15, 0.2) is 0 Å². The largest absolute Gasteiger partial charge is 0.394 e. The fourth-order valence-corrected chi connectivity index (χ4v) is 2.85. The summed E-state index contributed by atoms with van der Waals surface area (Å²) < 4.78 is 0. The molecule has 0 aliphatic rings. The van der Waals surface area contributed by atoms with Gasteiger partial charge < -0.3 is 10.4 Å². The van der Waals surface area contributed by atoms with E-state index >= 15 is 0 Å². The van der Waals surface area contributed by atoms with Crippen LogP contribution in [0.15, 0.2) is 59.8 Å². The summed E-state index contributed by atoms with van der Waals surface area (Å²) in [6.45, 7) is -0.0615. The lowest BCUT2D eigenvalue weighted by Crippen LogP contribution is -2.39. The van der Waals surface area contributed by atoms with Crippen LogP contribution in [0.4, 0.5) is 0 Å². The van der Waals surface area contributed by atoms with Gasteiger partial charge in [0.25, 0.3) is 0 Å². The minimum atomic E-state index is -0.241. The van der Waals surface area contributed by atoms with Crippen molar-refractivity contribution in [1.29, 1.82) is 0 Å². The molecule has 2 N–H and O–H groups in total. The maximum Gasteiger partial charge on any atom is 0.221 e. The number of carbonyl (C=O) groups is 1. The van der Waals surface area contributed by atoms with Gasteiger partial charge in [0.05, 0.1) is 17.7 Å². The van der Waals surface area contributed by atoms with E-state index in [1.165, 1.54) is 0 Å². The Morgan fingerprint density at radius 3 is 2.64 bits per heavy atom. The van der Waals surface area contributed by atoms with Crippen molar-refractivity contribution in [3.63, 3.8) is 0 Å². The van der Waals surface area contributed by atoms with E-state index in [4.69, 9.17) is 0 Å². The van der Waals surface area contributed by atoms with E-state index < -0.39 is 0 Å². The predicted molar refractivity (Wildman–Crippen MR) is 88.7 cm³/mol. The molecule has 1 heterocycles. The zero-order chi connectivity index (χ0) is 15.6. The number of carbonyl (C=O) groups excluding carboxylic acids is 1. The van der Waals surface area contributed by atoms with E-state index in [0.717, 1.165) is 10.6 Å². The highest BCUT2D eigenvalue weighted by atomic mass is 32.2. The number of hydrogen-bond acceptors (Lipinski definition) is 4. The first kappa shape index (κ1) is 16.5. The number of thioether (sulfide) groups is 1. The van der Waals surface area contributed by atoms with E-state index in [-0.39, 0.29) is 18.6 Å². The van der Waals surface area contributed by atoms with Gasteiger partial charge in [-0.15, -0.1) is 11.8 Å². The fourth-order valence-electron chi connectivity index (χ4n) is 2.04. The summed E-state index contributed by atoms with van der Waals surface area (Å²) in [7, 11) is 0.